The highest BCUT2D eigenvalue weighted by Gasteiger charge is 2.62. The molecule has 3 rings (SSSR count). The van der Waals surface area contributed by atoms with Crippen LogP contribution in [0.4, 0.5) is 0 Å². The van der Waals surface area contributed by atoms with E-state index in [1.165, 1.54) is 14.2 Å². The summed E-state index contributed by atoms with van der Waals surface area (Å²) in [6, 6.07) is 7.77. The predicted molar refractivity (Wildman–Crippen MR) is 97.5 cm³/mol. The zero-order valence-electron chi connectivity index (χ0n) is 16.1. The summed E-state index contributed by atoms with van der Waals surface area (Å²) in [5.41, 5.74) is 2.83. The van der Waals surface area contributed by atoms with Crippen molar-refractivity contribution >= 4 is 17.5 Å². The van der Waals surface area contributed by atoms with Crippen LogP contribution in [0.2, 0.25) is 0 Å². The maximum absolute atomic E-state index is 12.6. The zero-order chi connectivity index (χ0) is 19.3. The lowest BCUT2D eigenvalue weighted by Crippen LogP contribution is -2.29. The molecule has 0 fully saturated rings. The largest absolute Gasteiger partial charge is 0.497 e. The van der Waals surface area contributed by atoms with Gasteiger partial charge in [0.05, 0.1) is 32.5 Å². The van der Waals surface area contributed by atoms with E-state index in [9.17, 15) is 9.59 Å². The Balaban J connectivity index is 2.23. The quantitative estimate of drug-likeness (QED) is 0.772. The number of fused-ring (bicyclic) bond motifs is 2. The van der Waals surface area contributed by atoms with Gasteiger partial charge in [0.2, 0.25) is 0 Å². The van der Waals surface area contributed by atoms with E-state index in [-0.39, 0.29) is 0 Å². The van der Waals surface area contributed by atoms with E-state index in [4.69, 9.17) is 14.2 Å². The minimum atomic E-state index is -0.607. The van der Waals surface area contributed by atoms with Gasteiger partial charge < -0.3 is 14.2 Å². The number of rotatable bonds is 4. The predicted octanol–water partition coefficient (Wildman–Crippen LogP) is 3.54. The summed E-state index contributed by atoms with van der Waals surface area (Å²) >= 11 is 0. The molecule has 1 aromatic rings. The SMILES string of the molecule is COC(=O)C1=C(C(=O)OC)C2(C)CC1(C)C(C)=C2c1ccc(OC)cc1. The van der Waals surface area contributed by atoms with E-state index in [0.29, 0.717) is 17.6 Å². The summed E-state index contributed by atoms with van der Waals surface area (Å²) in [6.45, 7) is 6.03. The second-order valence-corrected chi connectivity index (χ2v) is 7.30. The third kappa shape index (κ3) is 2.23. The van der Waals surface area contributed by atoms with E-state index >= 15 is 0 Å². The van der Waals surface area contributed by atoms with E-state index in [2.05, 4.69) is 0 Å². The van der Waals surface area contributed by atoms with Crippen LogP contribution in [0.3, 0.4) is 0 Å². The molecule has 0 aromatic heterocycles. The van der Waals surface area contributed by atoms with E-state index < -0.39 is 22.8 Å². The van der Waals surface area contributed by atoms with Gasteiger partial charge in [0.1, 0.15) is 5.75 Å². The first-order valence-corrected chi connectivity index (χ1v) is 8.52. The van der Waals surface area contributed by atoms with Gasteiger partial charge in [-0.25, -0.2) is 9.59 Å². The first kappa shape index (κ1) is 18.2. The molecule has 1 aromatic carbocycles. The first-order chi connectivity index (χ1) is 12.2. The number of esters is 2. The van der Waals surface area contributed by atoms with Gasteiger partial charge >= 0.3 is 11.9 Å². The molecule has 26 heavy (non-hydrogen) atoms. The molecule has 2 atom stereocenters. The third-order valence-electron chi connectivity index (χ3n) is 5.97. The Morgan fingerprint density at radius 3 is 1.85 bits per heavy atom. The number of methoxy groups -OCH3 is 3. The van der Waals surface area contributed by atoms with Gasteiger partial charge in [0, 0.05) is 10.8 Å². The van der Waals surface area contributed by atoms with Crippen molar-refractivity contribution in [1.82, 2.24) is 0 Å². The van der Waals surface area contributed by atoms with Gasteiger partial charge in [-0.2, -0.15) is 0 Å². The zero-order valence-corrected chi connectivity index (χ0v) is 16.1. The maximum atomic E-state index is 12.6. The summed E-state index contributed by atoms with van der Waals surface area (Å²) in [5.74, 6) is -0.176. The Bertz CT molecular complexity index is 846. The topological polar surface area (TPSA) is 61.8 Å². The van der Waals surface area contributed by atoms with Crippen molar-refractivity contribution in [1.29, 1.82) is 0 Å². The summed E-state index contributed by atoms with van der Waals surface area (Å²) < 4.78 is 15.3. The molecule has 5 heteroatoms. The number of ether oxygens (including phenoxy) is 3. The number of hydrogen-bond acceptors (Lipinski definition) is 5. The minimum absolute atomic E-state index is 0.408. The number of carbonyl (C=O) groups excluding carboxylic acids is 2. The molecule has 0 saturated heterocycles. The van der Waals surface area contributed by atoms with Crippen LogP contribution in [-0.2, 0) is 19.1 Å². The number of hydrogen-bond donors (Lipinski definition) is 0. The minimum Gasteiger partial charge on any atom is -0.497 e. The van der Waals surface area contributed by atoms with Crippen LogP contribution in [-0.4, -0.2) is 33.3 Å². The van der Waals surface area contributed by atoms with Crippen molar-refractivity contribution in [2.75, 3.05) is 21.3 Å². The van der Waals surface area contributed by atoms with Crippen LogP contribution in [0.25, 0.3) is 5.57 Å². The molecule has 5 nitrogen and oxygen atoms in total. The molecule has 138 valence electrons. The van der Waals surface area contributed by atoms with Crippen LogP contribution in [0.5, 0.6) is 5.75 Å². The Kier molecular flexibility index (Phi) is 4.21. The van der Waals surface area contributed by atoms with Crippen LogP contribution in [0, 0.1) is 10.8 Å². The molecule has 2 bridgehead atoms. The molecular weight excluding hydrogens is 332 g/mol. The smallest absolute Gasteiger partial charge is 0.335 e. The maximum Gasteiger partial charge on any atom is 0.335 e. The Morgan fingerprint density at radius 2 is 1.38 bits per heavy atom. The van der Waals surface area contributed by atoms with Crippen LogP contribution in [0.15, 0.2) is 41.0 Å². The molecule has 0 N–H and O–H groups in total. The highest BCUT2D eigenvalue weighted by atomic mass is 16.5. The van der Waals surface area contributed by atoms with Crippen molar-refractivity contribution in [3.63, 3.8) is 0 Å². The van der Waals surface area contributed by atoms with E-state index in [1.54, 1.807) is 7.11 Å². The fraction of sp³-hybridized carbons (Fsp3) is 0.429. The third-order valence-corrected chi connectivity index (χ3v) is 5.97. The molecule has 2 unspecified atom stereocenters. The lowest BCUT2D eigenvalue weighted by Gasteiger charge is -2.32. The number of benzene rings is 1. The second kappa shape index (κ2) is 6.01. The fourth-order valence-corrected chi connectivity index (χ4v) is 4.81. The summed E-state index contributed by atoms with van der Waals surface area (Å²) in [7, 11) is 4.30. The standard InChI is InChI=1S/C21H24O5/c1-12-15(13-7-9-14(24-4)10-8-13)21(3)11-20(12,2)16(18(22)25-5)17(21)19(23)26-6/h7-10H,11H2,1-6H3. The van der Waals surface area contributed by atoms with Gasteiger partial charge in [-0.05, 0) is 36.6 Å². The molecule has 2 aliphatic carbocycles. The van der Waals surface area contributed by atoms with Crippen LogP contribution in [0.1, 0.15) is 32.8 Å². The van der Waals surface area contributed by atoms with Crippen LogP contribution >= 0.6 is 0 Å². The summed E-state index contributed by atoms with van der Waals surface area (Å²) in [5, 5.41) is 0. The monoisotopic (exact) mass is 356 g/mol. The average Bonchev–Trinajstić information content (AvgIpc) is 3.00. The van der Waals surface area contributed by atoms with Gasteiger partial charge in [0.25, 0.3) is 0 Å². The molecular formula is C21H24O5. The van der Waals surface area contributed by atoms with Gasteiger partial charge in [-0.1, -0.05) is 31.6 Å². The molecule has 2 aliphatic rings. The molecule has 0 spiro atoms. The average molecular weight is 356 g/mol. The lowest BCUT2D eigenvalue weighted by molar-refractivity contribution is -0.140. The molecule has 0 saturated carbocycles. The van der Waals surface area contributed by atoms with E-state index in [0.717, 1.165) is 22.5 Å². The van der Waals surface area contributed by atoms with E-state index in [1.807, 2.05) is 45.0 Å². The fourth-order valence-electron chi connectivity index (χ4n) is 4.81. The summed E-state index contributed by atoms with van der Waals surface area (Å²) in [6.07, 6.45) is 0.641. The Labute approximate surface area is 153 Å². The van der Waals surface area contributed by atoms with Crippen molar-refractivity contribution < 1.29 is 23.8 Å². The van der Waals surface area contributed by atoms with Crippen LogP contribution < -0.4 is 4.74 Å². The van der Waals surface area contributed by atoms with Crippen molar-refractivity contribution in [3.8, 4) is 5.75 Å². The van der Waals surface area contributed by atoms with Gasteiger partial charge in [-0.3, -0.25) is 0 Å². The normalized spacial score (nSPS) is 27.0. The Hall–Kier alpha value is -2.56. The van der Waals surface area contributed by atoms with Crippen molar-refractivity contribution in [2.24, 2.45) is 10.8 Å². The lowest BCUT2D eigenvalue weighted by atomic mass is 9.72. The van der Waals surface area contributed by atoms with Crippen molar-refractivity contribution in [2.45, 2.75) is 27.2 Å². The molecule has 0 radical (unpaired) electrons. The van der Waals surface area contributed by atoms with Crippen molar-refractivity contribution in [3.05, 3.63) is 46.5 Å². The highest BCUT2D eigenvalue weighted by molar-refractivity contribution is 6.09. The second-order valence-electron chi connectivity index (χ2n) is 7.30. The molecule has 0 aliphatic heterocycles. The molecule has 0 heterocycles. The van der Waals surface area contributed by atoms with Gasteiger partial charge in [-0.15, -0.1) is 0 Å². The molecule has 0 amide bonds. The summed E-state index contributed by atoms with van der Waals surface area (Å²) in [4.78, 5) is 25.2. The number of carbonyl (C=O) groups is 2. The first-order valence-electron chi connectivity index (χ1n) is 8.52. The number of allylic oxidation sites excluding steroid dienone is 2. The Morgan fingerprint density at radius 1 is 0.885 bits per heavy atom. The highest BCUT2D eigenvalue weighted by Crippen LogP contribution is 2.69. The van der Waals surface area contributed by atoms with Gasteiger partial charge in [0.15, 0.2) is 0 Å².